The number of nitrogens with zero attached hydrogens (tertiary/aromatic N) is 1. The molecular weight excluding hydrogens is 350 g/mol. The second-order valence-electron chi connectivity index (χ2n) is 5.55. The highest BCUT2D eigenvalue weighted by atomic mass is 19.4. The third kappa shape index (κ3) is 4.02. The van der Waals surface area contributed by atoms with E-state index in [0.29, 0.717) is 17.0 Å². The van der Waals surface area contributed by atoms with Gasteiger partial charge in [-0.3, -0.25) is 0 Å². The summed E-state index contributed by atoms with van der Waals surface area (Å²) in [5.74, 6) is -0.0577. The molecule has 0 saturated heterocycles. The molecule has 0 spiro atoms. The molecule has 0 bridgehead atoms. The predicted molar refractivity (Wildman–Crippen MR) is 89.5 cm³/mol. The number of alkyl halides is 3. The Morgan fingerprint density at radius 1 is 1.08 bits per heavy atom. The summed E-state index contributed by atoms with van der Waals surface area (Å²) in [6, 6.07) is 9.92. The standard InChI is InChI=1S/C18H15F4N3O/c1-23-16(18(20,21)22)12-4-2-3-11(9-12)15-10-24-17(26-15)25-14-7-5-13(19)6-8-14/h2-10,16,23H,1H3,(H,24,25). The zero-order valence-electron chi connectivity index (χ0n) is 13.6. The van der Waals surface area contributed by atoms with E-state index in [-0.39, 0.29) is 17.4 Å². The summed E-state index contributed by atoms with van der Waals surface area (Å²) in [5, 5.41) is 5.12. The van der Waals surface area contributed by atoms with E-state index >= 15 is 0 Å². The van der Waals surface area contributed by atoms with Gasteiger partial charge in [-0.25, -0.2) is 9.37 Å². The Labute approximate surface area is 146 Å². The van der Waals surface area contributed by atoms with Crippen molar-refractivity contribution in [1.82, 2.24) is 10.3 Å². The summed E-state index contributed by atoms with van der Waals surface area (Å²) in [4.78, 5) is 4.04. The molecule has 0 aliphatic heterocycles. The Balaban J connectivity index is 1.83. The van der Waals surface area contributed by atoms with Gasteiger partial charge in [0.15, 0.2) is 5.76 Å². The lowest BCUT2D eigenvalue weighted by Crippen LogP contribution is -2.31. The van der Waals surface area contributed by atoms with Gasteiger partial charge in [0.25, 0.3) is 6.01 Å². The Kier molecular flexibility index (Phi) is 4.94. The van der Waals surface area contributed by atoms with E-state index in [0.717, 1.165) is 0 Å². The average molecular weight is 365 g/mol. The van der Waals surface area contributed by atoms with Crippen LogP contribution in [0.25, 0.3) is 11.3 Å². The van der Waals surface area contributed by atoms with Crippen LogP contribution in [0.1, 0.15) is 11.6 Å². The fourth-order valence-electron chi connectivity index (χ4n) is 2.51. The number of hydrogen-bond acceptors (Lipinski definition) is 4. The second-order valence-corrected chi connectivity index (χ2v) is 5.55. The van der Waals surface area contributed by atoms with E-state index in [4.69, 9.17) is 4.42 Å². The molecule has 1 heterocycles. The van der Waals surface area contributed by atoms with Crippen LogP contribution in [0.2, 0.25) is 0 Å². The first-order valence-corrected chi connectivity index (χ1v) is 7.69. The Bertz CT molecular complexity index is 875. The summed E-state index contributed by atoms with van der Waals surface area (Å²) in [6.07, 6.45) is -3.00. The molecule has 26 heavy (non-hydrogen) atoms. The largest absolute Gasteiger partial charge is 0.423 e. The van der Waals surface area contributed by atoms with Crippen LogP contribution in [-0.4, -0.2) is 18.2 Å². The first-order valence-electron chi connectivity index (χ1n) is 7.69. The van der Waals surface area contributed by atoms with Gasteiger partial charge in [-0.15, -0.1) is 0 Å². The van der Waals surface area contributed by atoms with Crippen molar-refractivity contribution in [3.8, 4) is 11.3 Å². The lowest BCUT2D eigenvalue weighted by molar-refractivity contribution is -0.156. The highest BCUT2D eigenvalue weighted by Crippen LogP contribution is 2.34. The molecule has 0 aliphatic rings. The smallest absolute Gasteiger partial charge is 0.407 e. The fraction of sp³-hybridized carbons (Fsp3) is 0.167. The van der Waals surface area contributed by atoms with Gasteiger partial charge in [-0.1, -0.05) is 18.2 Å². The summed E-state index contributed by atoms with van der Waals surface area (Å²) < 4.78 is 57.7. The summed E-state index contributed by atoms with van der Waals surface area (Å²) >= 11 is 0. The number of aromatic nitrogens is 1. The summed E-state index contributed by atoms with van der Waals surface area (Å²) in [5.41, 5.74) is 1.11. The van der Waals surface area contributed by atoms with Crippen molar-refractivity contribution in [1.29, 1.82) is 0 Å². The van der Waals surface area contributed by atoms with Crippen LogP contribution < -0.4 is 10.6 Å². The van der Waals surface area contributed by atoms with Crippen molar-refractivity contribution in [2.75, 3.05) is 12.4 Å². The second kappa shape index (κ2) is 7.17. The number of hydrogen-bond donors (Lipinski definition) is 2. The highest BCUT2D eigenvalue weighted by molar-refractivity contribution is 5.60. The van der Waals surface area contributed by atoms with E-state index in [1.54, 1.807) is 6.07 Å². The molecule has 0 radical (unpaired) electrons. The van der Waals surface area contributed by atoms with E-state index in [1.807, 2.05) is 0 Å². The molecule has 3 rings (SSSR count). The Morgan fingerprint density at radius 3 is 2.46 bits per heavy atom. The van der Waals surface area contributed by atoms with Crippen LogP contribution in [0.4, 0.5) is 29.3 Å². The fourth-order valence-corrected chi connectivity index (χ4v) is 2.51. The maximum Gasteiger partial charge on any atom is 0.407 e. The lowest BCUT2D eigenvalue weighted by atomic mass is 10.0. The molecule has 8 heteroatoms. The van der Waals surface area contributed by atoms with Crippen LogP contribution in [0.15, 0.2) is 59.1 Å². The van der Waals surface area contributed by atoms with Crippen molar-refractivity contribution >= 4 is 11.7 Å². The van der Waals surface area contributed by atoms with Crippen molar-refractivity contribution in [3.05, 3.63) is 66.1 Å². The lowest BCUT2D eigenvalue weighted by Gasteiger charge is -2.20. The quantitative estimate of drug-likeness (QED) is 0.622. The molecule has 0 amide bonds. The minimum Gasteiger partial charge on any atom is -0.423 e. The van der Waals surface area contributed by atoms with Gasteiger partial charge < -0.3 is 15.1 Å². The van der Waals surface area contributed by atoms with Crippen molar-refractivity contribution in [3.63, 3.8) is 0 Å². The number of benzene rings is 2. The minimum atomic E-state index is -4.41. The zero-order chi connectivity index (χ0) is 18.7. The molecular formula is C18H15F4N3O. The molecule has 2 N–H and O–H groups in total. The highest BCUT2D eigenvalue weighted by Gasteiger charge is 2.39. The molecule has 1 atom stereocenters. The van der Waals surface area contributed by atoms with Crippen LogP contribution in [-0.2, 0) is 0 Å². The number of anilines is 2. The molecule has 0 saturated carbocycles. The van der Waals surface area contributed by atoms with Crippen molar-refractivity contribution in [2.45, 2.75) is 12.2 Å². The SMILES string of the molecule is CNC(c1cccc(-c2cnc(Nc3ccc(F)cc3)o2)c1)C(F)(F)F. The molecule has 1 unspecified atom stereocenters. The third-order valence-corrected chi connectivity index (χ3v) is 3.72. The van der Waals surface area contributed by atoms with Gasteiger partial charge in [0.1, 0.15) is 11.9 Å². The molecule has 0 aliphatic carbocycles. The average Bonchev–Trinajstić information content (AvgIpc) is 3.05. The van der Waals surface area contributed by atoms with Crippen LogP contribution >= 0.6 is 0 Å². The van der Waals surface area contributed by atoms with Gasteiger partial charge in [0.2, 0.25) is 0 Å². The van der Waals surface area contributed by atoms with Crippen LogP contribution in [0.5, 0.6) is 0 Å². The summed E-state index contributed by atoms with van der Waals surface area (Å²) in [6.45, 7) is 0. The van der Waals surface area contributed by atoms with E-state index < -0.39 is 12.2 Å². The number of nitrogens with one attached hydrogen (secondary N) is 2. The normalized spacial score (nSPS) is 12.8. The molecule has 2 aromatic carbocycles. The Morgan fingerprint density at radius 2 is 1.81 bits per heavy atom. The van der Waals surface area contributed by atoms with E-state index in [9.17, 15) is 17.6 Å². The van der Waals surface area contributed by atoms with E-state index in [2.05, 4.69) is 15.6 Å². The monoisotopic (exact) mass is 365 g/mol. The molecule has 0 fully saturated rings. The maximum atomic E-state index is 13.1. The number of rotatable bonds is 5. The van der Waals surface area contributed by atoms with Gasteiger partial charge in [-0.05, 0) is 42.9 Å². The van der Waals surface area contributed by atoms with Gasteiger partial charge in [0.05, 0.1) is 6.20 Å². The third-order valence-electron chi connectivity index (χ3n) is 3.72. The minimum absolute atomic E-state index is 0.0712. The van der Waals surface area contributed by atoms with Gasteiger partial charge in [-0.2, -0.15) is 13.2 Å². The van der Waals surface area contributed by atoms with E-state index in [1.165, 1.54) is 55.7 Å². The first-order chi connectivity index (χ1) is 12.4. The van der Waals surface area contributed by atoms with Crippen molar-refractivity contribution < 1.29 is 22.0 Å². The maximum absolute atomic E-state index is 13.1. The number of oxazole rings is 1. The molecule has 136 valence electrons. The van der Waals surface area contributed by atoms with Gasteiger partial charge in [0, 0.05) is 11.3 Å². The van der Waals surface area contributed by atoms with Crippen LogP contribution in [0, 0.1) is 5.82 Å². The predicted octanol–water partition coefficient (Wildman–Crippen LogP) is 5.05. The van der Waals surface area contributed by atoms with Crippen molar-refractivity contribution in [2.24, 2.45) is 0 Å². The molecule has 3 aromatic rings. The molecule has 1 aromatic heterocycles. The topological polar surface area (TPSA) is 50.1 Å². The molecule has 4 nitrogen and oxygen atoms in total. The van der Waals surface area contributed by atoms with Crippen LogP contribution in [0.3, 0.4) is 0 Å². The first kappa shape index (κ1) is 17.9. The summed E-state index contributed by atoms with van der Waals surface area (Å²) in [7, 11) is 1.25. The Hall–Kier alpha value is -2.87. The zero-order valence-corrected chi connectivity index (χ0v) is 13.6. The number of halogens is 4. The van der Waals surface area contributed by atoms with Gasteiger partial charge >= 0.3 is 6.18 Å².